The van der Waals surface area contributed by atoms with Crippen molar-refractivity contribution in [2.45, 2.75) is 0 Å². The number of aromatic nitrogens is 3. The van der Waals surface area contributed by atoms with E-state index in [0.29, 0.717) is 0 Å². The minimum Gasteiger partial charge on any atom is -0.358 e. The van der Waals surface area contributed by atoms with Gasteiger partial charge in [0.15, 0.2) is 0 Å². The van der Waals surface area contributed by atoms with Gasteiger partial charge < -0.3 is 10.2 Å². The van der Waals surface area contributed by atoms with Gasteiger partial charge in [-0.2, -0.15) is 15.0 Å². The van der Waals surface area contributed by atoms with Gasteiger partial charge in [0.1, 0.15) is 0 Å². The largest absolute Gasteiger partial charge is 0.358 e. The summed E-state index contributed by atoms with van der Waals surface area (Å²) in [4.78, 5) is 23.8. The Kier molecular flexibility index (Phi) is 4.05. The predicted octanol–water partition coefficient (Wildman–Crippen LogP) is 0.361. The molecule has 0 saturated heterocycles. The molecule has 0 aliphatic rings. The Morgan fingerprint density at radius 1 is 1.33 bits per heavy atom. The molecule has 15 heavy (non-hydrogen) atoms. The van der Waals surface area contributed by atoms with Gasteiger partial charge in [0, 0.05) is 14.1 Å². The van der Waals surface area contributed by atoms with Crippen LogP contribution in [0.3, 0.4) is 0 Å². The molecule has 1 rings (SSSR count). The van der Waals surface area contributed by atoms with Crippen LogP contribution in [-0.4, -0.2) is 41.5 Å². The van der Waals surface area contributed by atoms with Gasteiger partial charge >= 0.3 is 0 Å². The van der Waals surface area contributed by atoms with E-state index in [9.17, 15) is 4.79 Å². The smallest absolute Gasteiger partial charge is 0.239 e. The maximum absolute atomic E-state index is 11.1. The van der Waals surface area contributed by atoms with E-state index >= 15 is 0 Å². The van der Waals surface area contributed by atoms with Crippen molar-refractivity contribution in [3.05, 3.63) is 10.6 Å². The second-order valence-electron chi connectivity index (χ2n) is 2.70. The van der Waals surface area contributed by atoms with Gasteiger partial charge in [-0.25, -0.2) is 0 Å². The molecule has 82 valence electrons. The third-order valence-corrected chi connectivity index (χ3v) is 1.91. The summed E-state index contributed by atoms with van der Waals surface area (Å²) in [5, 5.41) is 2.47. The van der Waals surface area contributed by atoms with Crippen LogP contribution in [0.15, 0.2) is 0 Å². The molecular formula is C7H9Cl2N5O. The van der Waals surface area contributed by atoms with Crippen molar-refractivity contribution in [1.29, 1.82) is 0 Å². The minimum atomic E-state index is -0.162. The molecule has 0 bridgehead atoms. The average molecular weight is 250 g/mol. The number of anilines is 1. The minimum absolute atomic E-state index is 0.00578. The Hall–Kier alpha value is -1.14. The molecule has 1 aromatic heterocycles. The summed E-state index contributed by atoms with van der Waals surface area (Å²) in [5.41, 5.74) is 0. The van der Waals surface area contributed by atoms with Gasteiger partial charge in [0.25, 0.3) is 0 Å². The first-order chi connectivity index (χ1) is 7.02. The maximum atomic E-state index is 11.1. The van der Waals surface area contributed by atoms with Crippen LogP contribution >= 0.6 is 23.2 Å². The number of hydrogen-bond acceptors (Lipinski definition) is 5. The molecule has 0 aromatic carbocycles. The van der Waals surface area contributed by atoms with E-state index in [1.54, 1.807) is 14.1 Å². The molecule has 0 saturated carbocycles. The van der Waals surface area contributed by atoms with Crippen molar-refractivity contribution >= 4 is 35.1 Å². The highest BCUT2D eigenvalue weighted by Crippen LogP contribution is 2.12. The highest BCUT2D eigenvalue weighted by molar-refractivity contribution is 6.31. The summed E-state index contributed by atoms with van der Waals surface area (Å²) in [6.07, 6.45) is 0. The molecule has 0 atom stereocenters. The fraction of sp³-hybridized carbons (Fsp3) is 0.429. The molecule has 1 amide bonds. The number of nitrogens with one attached hydrogen (secondary N) is 1. The first-order valence-electron chi connectivity index (χ1n) is 4.01. The monoisotopic (exact) mass is 249 g/mol. The van der Waals surface area contributed by atoms with Crippen molar-refractivity contribution in [3.63, 3.8) is 0 Å². The molecule has 1 aromatic rings. The molecule has 1 N–H and O–H groups in total. The topological polar surface area (TPSA) is 71.0 Å². The van der Waals surface area contributed by atoms with Crippen LogP contribution in [-0.2, 0) is 4.79 Å². The molecule has 8 heteroatoms. The summed E-state index contributed by atoms with van der Waals surface area (Å²) in [6.45, 7) is 0.118. The molecule has 0 unspecified atom stereocenters. The number of nitrogens with zero attached hydrogens (tertiary/aromatic N) is 4. The third-order valence-electron chi connectivity index (χ3n) is 1.57. The highest BCUT2D eigenvalue weighted by Gasteiger charge is 2.10. The number of hydrogen-bond donors (Lipinski definition) is 1. The standard InChI is InChI=1S/C7H9Cl2N5O/c1-10-4(15)3-14(2)7-12-5(8)11-6(9)13-7/h3H2,1-2H3,(H,10,15). The van der Waals surface area contributed by atoms with Crippen LogP contribution < -0.4 is 10.2 Å². The molecule has 0 aliphatic heterocycles. The molecule has 0 radical (unpaired) electrons. The van der Waals surface area contributed by atoms with E-state index in [1.807, 2.05) is 0 Å². The van der Waals surface area contributed by atoms with Gasteiger partial charge in [0.2, 0.25) is 22.4 Å². The molecule has 1 heterocycles. The number of carbonyl (C=O) groups excluding carboxylic acids is 1. The van der Waals surface area contributed by atoms with Gasteiger partial charge in [0.05, 0.1) is 6.54 Å². The SMILES string of the molecule is CNC(=O)CN(C)c1nc(Cl)nc(Cl)n1. The normalized spacial score (nSPS) is 9.87. The Labute approximate surface area is 96.6 Å². The van der Waals surface area contributed by atoms with Crippen LogP contribution in [0.2, 0.25) is 10.6 Å². The van der Waals surface area contributed by atoms with Crippen LogP contribution in [0.4, 0.5) is 5.95 Å². The van der Waals surface area contributed by atoms with Crippen LogP contribution in [0.25, 0.3) is 0 Å². The Bertz CT molecular complexity index is 352. The van der Waals surface area contributed by atoms with Crippen LogP contribution in [0, 0.1) is 0 Å². The van der Waals surface area contributed by atoms with Gasteiger partial charge in [-0.3, -0.25) is 4.79 Å². The molecule has 0 aliphatic carbocycles. The van der Waals surface area contributed by atoms with Crippen LogP contribution in [0.5, 0.6) is 0 Å². The Morgan fingerprint density at radius 3 is 2.33 bits per heavy atom. The zero-order chi connectivity index (χ0) is 11.4. The molecule has 0 spiro atoms. The summed E-state index contributed by atoms with van der Waals surface area (Å²) in [6, 6.07) is 0. The van der Waals surface area contributed by atoms with E-state index in [2.05, 4.69) is 20.3 Å². The summed E-state index contributed by atoms with van der Waals surface area (Å²) >= 11 is 11.2. The summed E-state index contributed by atoms with van der Waals surface area (Å²) in [7, 11) is 3.20. The van der Waals surface area contributed by atoms with Gasteiger partial charge in [-0.15, -0.1) is 0 Å². The van der Waals surface area contributed by atoms with E-state index in [4.69, 9.17) is 23.2 Å². The lowest BCUT2D eigenvalue weighted by Gasteiger charge is -2.15. The van der Waals surface area contributed by atoms with Crippen molar-refractivity contribution in [1.82, 2.24) is 20.3 Å². The molecular weight excluding hydrogens is 241 g/mol. The fourth-order valence-corrected chi connectivity index (χ4v) is 1.21. The van der Waals surface area contributed by atoms with E-state index in [1.165, 1.54) is 4.90 Å². The zero-order valence-electron chi connectivity index (χ0n) is 8.16. The zero-order valence-corrected chi connectivity index (χ0v) is 9.67. The second kappa shape index (κ2) is 5.09. The van der Waals surface area contributed by atoms with E-state index in [-0.39, 0.29) is 29.0 Å². The quantitative estimate of drug-likeness (QED) is 0.838. The third kappa shape index (κ3) is 3.49. The predicted molar refractivity (Wildman–Crippen MR) is 57.2 cm³/mol. The van der Waals surface area contributed by atoms with Crippen molar-refractivity contribution < 1.29 is 4.79 Å². The van der Waals surface area contributed by atoms with E-state index < -0.39 is 0 Å². The summed E-state index contributed by atoms with van der Waals surface area (Å²) in [5.74, 6) is 0.0914. The van der Waals surface area contributed by atoms with E-state index in [0.717, 1.165) is 0 Å². The number of amides is 1. The van der Waals surface area contributed by atoms with Crippen LogP contribution in [0.1, 0.15) is 0 Å². The van der Waals surface area contributed by atoms with Gasteiger partial charge in [-0.05, 0) is 23.2 Å². The first kappa shape index (κ1) is 11.9. The Balaban J connectivity index is 2.81. The highest BCUT2D eigenvalue weighted by atomic mass is 35.5. The van der Waals surface area contributed by atoms with Crippen molar-refractivity contribution in [2.24, 2.45) is 0 Å². The number of carbonyl (C=O) groups is 1. The van der Waals surface area contributed by atoms with Crippen molar-refractivity contribution in [2.75, 3.05) is 25.5 Å². The maximum Gasteiger partial charge on any atom is 0.239 e. The first-order valence-corrected chi connectivity index (χ1v) is 4.77. The number of likely N-dealkylation sites (N-methyl/N-ethyl adjacent to an activating group) is 2. The summed E-state index contributed by atoms with van der Waals surface area (Å²) < 4.78 is 0. The second-order valence-corrected chi connectivity index (χ2v) is 3.38. The lowest BCUT2D eigenvalue weighted by Crippen LogP contribution is -2.34. The Morgan fingerprint density at radius 2 is 1.87 bits per heavy atom. The fourth-order valence-electron chi connectivity index (χ4n) is 0.852. The average Bonchev–Trinajstić information content (AvgIpc) is 2.16. The van der Waals surface area contributed by atoms with Crippen molar-refractivity contribution in [3.8, 4) is 0 Å². The lowest BCUT2D eigenvalue weighted by atomic mass is 10.5. The molecule has 6 nitrogen and oxygen atoms in total. The molecule has 0 fully saturated rings. The van der Waals surface area contributed by atoms with Gasteiger partial charge in [-0.1, -0.05) is 0 Å². The number of rotatable bonds is 3. The lowest BCUT2D eigenvalue weighted by molar-refractivity contribution is -0.119. The number of halogens is 2.